The van der Waals surface area contributed by atoms with Gasteiger partial charge < -0.3 is 0 Å². The van der Waals surface area contributed by atoms with E-state index in [9.17, 15) is 4.57 Å². The lowest BCUT2D eigenvalue weighted by Gasteiger charge is -2.31. The van der Waals surface area contributed by atoms with Crippen molar-refractivity contribution in [1.29, 1.82) is 0 Å². The highest BCUT2D eigenvalue weighted by atomic mass is 31.1. The van der Waals surface area contributed by atoms with Crippen LogP contribution in [0, 0.1) is 17.8 Å². The van der Waals surface area contributed by atoms with Gasteiger partial charge in [-0.1, -0.05) is 43.9 Å². The Morgan fingerprint density at radius 2 is 2.11 bits per heavy atom. The third kappa shape index (κ3) is 3.12. The Morgan fingerprint density at radius 1 is 1.33 bits per heavy atom. The maximum Gasteiger partial charge on any atom is 0.375 e. The second-order valence-corrected chi connectivity index (χ2v) is 8.23. The first-order chi connectivity index (χ1) is 8.59. The monoisotopic (exact) mass is 265 g/mol. The van der Waals surface area contributed by atoms with Crippen molar-refractivity contribution in [3.8, 4) is 0 Å². The minimum Gasteiger partial charge on any atom is -0.0839 e. The quantitative estimate of drug-likeness (QED) is 0.615. The van der Waals surface area contributed by atoms with Gasteiger partial charge in [0.25, 0.3) is 0 Å². The zero-order chi connectivity index (χ0) is 13.1. The van der Waals surface area contributed by atoms with Gasteiger partial charge in [-0.2, -0.15) is 0 Å². The molecule has 0 amide bonds. The van der Waals surface area contributed by atoms with E-state index in [4.69, 9.17) is 0 Å². The first kappa shape index (κ1) is 14.0. The van der Waals surface area contributed by atoms with Crippen molar-refractivity contribution in [2.75, 3.05) is 0 Å². The topological polar surface area (TPSA) is 17.1 Å². The van der Waals surface area contributed by atoms with Crippen LogP contribution in [0.3, 0.4) is 0 Å². The summed E-state index contributed by atoms with van der Waals surface area (Å²) in [5, 5.41) is 1.22. The van der Waals surface area contributed by atoms with Crippen LogP contribution in [0.2, 0.25) is 0 Å². The number of hydrogen-bond acceptors (Lipinski definition) is 1. The van der Waals surface area contributed by atoms with E-state index >= 15 is 0 Å². The highest BCUT2D eigenvalue weighted by molar-refractivity contribution is 7.50. The highest BCUT2D eigenvalue weighted by Crippen LogP contribution is 2.52. The maximum absolute atomic E-state index is 12.9. The summed E-state index contributed by atoms with van der Waals surface area (Å²) in [7, 11) is -1.16. The Bertz CT molecular complexity index is 367. The normalized spacial score (nSPS) is 33.4. The molecule has 1 unspecified atom stereocenters. The van der Waals surface area contributed by atoms with E-state index < -0.39 is 7.80 Å². The molecule has 0 radical (unpaired) electrons. The molecule has 1 fully saturated rings. The molecule has 2 aliphatic carbocycles. The molecular formula is C16H26OP+. The van der Waals surface area contributed by atoms with Crippen molar-refractivity contribution >= 4 is 7.80 Å². The SMILES string of the molecule is CC(C)[C@@H]1CC[C@@H](C)C[C@H]1[P+](=O)C1=CC=CCC1. The van der Waals surface area contributed by atoms with Crippen molar-refractivity contribution in [2.24, 2.45) is 17.8 Å². The average molecular weight is 265 g/mol. The zero-order valence-corrected chi connectivity index (χ0v) is 12.8. The van der Waals surface area contributed by atoms with Crippen LogP contribution in [0.15, 0.2) is 23.5 Å². The van der Waals surface area contributed by atoms with Gasteiger partial charge in [0.1, 0.15) is 0 Å². The molecule has 0 saturated heterocycles. The molecule has 4 atom stereocenters. The number of allylic oxidation sites excluding steroid dienone is 4. The Morgan fingerprint density at radius 3 is 2.72 bits per heavy atom. The molecule has 100 valence electrons. The highest BCUT2D eigenvalue weighted by Gasteiger charge is 2.44. The minimum atomic E-state index is -1.16. The average Bonchev–Trinajstić information content (AvgIpc) is 2.38. The minimum absolute atomic E-state index is 0.432. The molecule has 0 aromatic rings. The molecule has 0 spiro atoms. The summed E-state index contributed by atoms with van der Waals surface area (Å²) in [4.78, 5) is 0. The van der Waals surface area contributed by atoms with Gasteiger partial charge >= 0.3 is 7.80 Å². The molecule has 2 heteroatoms. The first-order valence-corrected chi connectivity index (χ1v) is 8.74. The van der Waals surface area contributed by atoms with Gasteiger partial charge in [0, 0.05) is 12.3 Å². The summed E-state index contributed by atoms with van der Waals surface area (Å²) in [5.74, 6) is 2.08. The van der Waals surface area contributed by atoms with Gasteiger partial charge in [0.15, 0.2) is 11.0 Å². The van der Waals surface area contributed by atoms with Crippen LogP contribution in [0.4, 0.5) is 0 Å². The molecule has 1 saturated carbocycles. The maximum atomic E-state index is 12.9. The van der Waals surface area contributed by atoms with Crippen molar-refractivity contribution in [3.63, 3.8) is 0 Å². The van der Waals surface area contributed by atoms with Crippen molar-refractivity contribution in [3.05, 3.63) is 23.5 Å². The lowest BCUT2D eigenvalue weighted by atomic mass is 9.77. The molecule has 1 nitrogen and oxygen atoms in total. The van der Waals surface area contributed by atoms with Gasteiger partial charge in [-0.15, -0.1) is 0 Å². The molecular weight excluding hydrogens is 239 g/mol. The van der Waals surface area contributed by atoms with Crippen LogP contribution in [0.1, 0.15) is 52.9 Å². The third-order valence-corrected chi connectivity index (χ3v) is 6.70. The molecule has 2 rings (SSSR count). The second kappa shape index (κ2) is 6.15. The molecule has 0 heterocycles. The summed E-state index contributed by atoms with van der Waals surface area (Å²) in [6.07, 6.45) is 12.2. The molecule has 0 N–H and O–H groups in total. The van der Waals surface area contributed by atoms with E-state index in [0.717, 1.165) is 18.8 Å². The summed E-state index contributed by atoms with van der Waals surface area (Å²) in [5.41, 5.74) is 0.432. The van der Waals surface area contributed by atoms with Gasteiger partial charge in [-0.25, -0.2) is 0 Å². The molecule has 0 aliphatic heterocycles. The fraction of sp³-hybridized carbons (Fsp3) is 0.750. The third-order valence-electron chi connectivity index (χ3n) is 4.56. The number of rotatable bonds is 3. The summed E-state index contributed by atoms with van der Waals surface area (Å²) < 4.78 is 12.9. The van der Waals surface area contributed by atoms with Crippen LogP contribution in [0.5, 0.6) is 0 Å². The lowest BCUT2D eigenvalue weighted by Crippen LogP contribution is -2.30. The fourth-order valence-electron chi connectivity index (χ4n) is 3.41. The van der Waals surface area contributed by atoms with Crippen LogP contribution < -0.4 is 0 Å². The van der Waals surface area contributed by atoms with Crippen LogP contribution >= 0.6 is 7.80 Å². The Hall–Kier alpha value is -0.420. The van der Waals surface area contributed by atoms with Crippen LogP contribution in [-0.2, 0) is 4.57 Å². The van der Waals surface area contributed by atoms with Gasteiger partial charge in [0.05, 0.1) is 0 Å². The first-order valence-electron chi connectivity index (χ1n) is 7.41. The lowest BCUT2D eigenvalue weighted by molar-refractivity contribution is 0.239. The zero-order valence-electron chi connectivity index (χ0n) is 11.9. The Balaban J connectivity index is 2.14. The van der Waals surface area contributed by atoms with Crippen molar-refractivity contribution in [2.45, 2.75) is 58.5 Å². The van der Waals surface area contributed by atoms with Gasteiger partial charge in [-0.3, -0.25) is 0 Å². The van der Waals surface area contributed by atoms with Crippen LogP contribution in [-0.4, -0.2) is 5.66 Å². The van der Waals surface area contributed by atoms with E-state index in [2.05, 4.69) is 39.0 Å². The Kier molecular flexibility index (Phi) is 4.78. The number of hydrogen-bond donors (Lipinski definition) is 0. The largest absolute Gasteiger partial charge is 0.375 e. The Labute approximate surface area is 113 Å². The second-order valence-electron chi connectivity index (χ2n) is 6.34. The summed E-state index contributed by atoms with van der Waals surface area (Å²) in [6.45, 7) is 6.92. The van der Waals surface area contributed by atoms with E-state index in [0.29, 0.717) is 17.5 Å². The van der Waals surface area contributed by atoms with Crippen molar-refractivity contribution in [1.82, 2.24) is 0 Å². The fourth-order valence-corrected chi connectivity index (χ4v) is 5.81. The summed E-state index contributed by atoms with van der Waals surface area (Å²) >= 11 is 0. The smallest absolute Gasteiger partial charge is 0.0839 e. The van der Waals surface area contributed by atoms with E-state index in [1.807, 2.05) is 0 Å². The van der Waals surface area contributed by atoms with Gasteiger partial charge in [0.2, 0.25) is 0 Å². The van der Waals surface area contributed by atoms with Gasteiger partial charge in [-0.05, 0) is 37.2 Å². The summed E-state index contributed by atoms with van der Waals surface area (Å²) in [6, 6.07) is 0. The van der Waals surface area contributed by atoms with E-state index in [1.165, 1.54) is 24.6 Å². The van der Waals surface area contributed by atoms with Crippen molar-refractivity contribution < 1.29 is 4.57 Å². The predicted molar refractivity (Wildman–Crippen MR) is 79.2 cm³/mol. The molecule has 0 aromatic carbocycles. The van der Waals surface area contributed by atoms with Crippen LogP contribution in [0.25, 0.3) is 0 Å². The molecule has 0 bridgehead atoms. The predicted octanol–water partition coefficient (Wildman–Crippen LogP) is 5.51. The molecule has 18 heavy (non-hydrogen) atoms. The van der Waals surface area contributed by atoms with E-state index in [-0.39, 0.29) is 0 Å². The van der Waals surface area contributed by atoms with E-state index in [1.54, 1.807) is 0 Å². The molecule has 0 aromatic heterocycles. The standard InChI is InChI=1S/C16H26OP/c1-12(2)15-10-9-13(3)11-16(15)18(17)14-7-5-4-6-8-14/h4-5,7,12-13,15-16H,6,8-11H2,1-3H3/q+1/t13-,15+,16-/m1/s1. The molecule has 2 aliphatic rings.